The minimum atomic E-state index is 0.922. The molecule has 0 bridgehead atoms. The van der Waals surface area contributed by atoms with Crippen LogP contribution in [0.15, 0.2) is 0 Å². The van der Waals surface area contributed by atoms with Crippen molar-refractivity contribution in [3.8, 4) is 11.8 Å². The third-order valence-electron chi connectivity index (χ3n) is 7.03. The highest BCUT2D eigenvalue weighted by atomic mass is 14.2. The second kappa shape index (κ2) is 24.8. The van der Waals surface area contributed by atoms with Crippen LogP contribution in [0.4, 0.5) is 0 Å². The fourth-order valence-corrected chi connectivity index (χ4v) is 4.55. The molecule has 0 heteroatoms. The lowest BCUT2D eigenvalue weighted by Crippen LogP contribution is -2.11. The summed E-state index contributed by atoms with van der Waals surface area (Å²) in [5, 5.41) is 0. The van der Waals surface area contributed by atoms with Crippen LogP contribution in [0.3, 0.4) is 0 Å². The van der Waals surface area contributed by atoms with Gasteiger partial charge in [-0.2, -0.15) is 0 Å². The monoisotopic (exact) mass is 418 g/mol. The zero-order valence-corrected chi connectivity index (χ0v) is 21.7. The highest BCUT2D eigenvalue weighted by Crippen LogP contribution is 2.27. The van der Waals surface area contributed by atoms with E-state index in [-0.39, 0.29) is 0 Å². The second-order valence-corrected chi connectivity index (χ2v) is 9.88. The first-order valence-electron chi connectivity index (χ1n) is 14.2. The Hall–Kier alpha value is -0.440. The topological polar surface area (TPSA) is 0 Å². The largest absolute Gasteiger partial charge is 0.103 e. The lowest BCUT2D eigenvalue weighted by atomic mass is 9.83. The van der Waals surface area contributed by atoms with Gasteiger partial charge in [-0.1, -0.05) is 143 Å². The van der Waals surface area contributed by atoms with Gasteiger partial charge < -0.3 is 0 Å². The highest BCUT2D eigenvalue weighted by molar-refractivity contribution is 4.98. The molecule has 0 aromatic carbocycles. The van der Waals surface area contributed by atoms with E-state index in [1.54, 1.807) is 0 Å². The van der Waals surface area contributed by atoms with Crippen molar-refractivity contribution >= 4 is 0 Å². The molecule has 178 valence electrons. The number of rotatable bonds is 22. The van der Waals surface area contributed by atoms with Crippen molar-refractivity contribution in [3.05, 3.63) is 0 Å². The van der Waals surface area contributed by atoms with Crippen LogP contribution in [0, 0.1) is 23.7 Å². The molecule has 2 atom stereocenters. The standard InChI is InChI=1S/C30H58/c1-5-8-10-12-14-16-17-18-19-20-22-24-26-28-30(29(4)7-3)27-25-23-21-15-13-11-9-6-2/h29-30H,5-13,15,17-28H2,1-4H3. The van der Waals surface area contributed by atoms with E-state index in [0.29, 0.717) is 0 Å². The molecular formula is C30H58. The lowest BCUT2D eigenvalue weighted by molar-refractivity contribution is 0.288. The molecular weight excluding hydrogens is 360 g/mol. The molecule has 0 aliphatic rings. The molecule has 2 unspecified atom stereocenters. The van der Waals surface area contributed by atoms with E-state index in [1.807, 2.05) is 0 Å². The highest BCUT2D eigenvalue weighted by Gasteiger charge is 2.15. The minimum absolute atomic E-state index is 0.922. The molecule has 0 saturated carbocycles. The molecule has 0 fully saturated rings. The van der Waals surface area contributed by atoms with E-state index in [0.717, 1.165) is 24.7 Å². The Kier molecular flexibility index (Phi) is 24.5. The maximum atomic E-state index is 3.37. The molecule has 30 heavy (non-hydrogen) atoms. The predicted molar refractivity (Wildman–Crippen MR) is 139 cm³/mol. The van der Waals surface area contributed by atoms with Crippen LogP contribution in [-0.2, 0) is 0 Å². The molecule has 0 nitrogen and oxygen atoms in total. The van der Waals surface area contributed by atoms with Crippen molar-refractivity contribution in [2.45, 2.75) is 169 Å². The smallest absolute Gasteiger partial charge is 0.00886 e. The van der Waals surface area contributed by atoms with Crippen molar-refractivity contribution in [2.24, 2.45) is 11.8 Å². The van der Waals surface area contributed by atoms with Crippen molar-refractivity contribution in [3.63, 3.8) is 0 Å². The molecule has 0 rings (SSSR count). The lowest BCUT2D eigenvalue weighted by Gasteiger charge is -2.23. The van der Waals surface area contributed by atoms with Gasteiger partial charge in [0.25, 0.3) is 0 Å². The molecule has 0 heterocycles. The van der Waals surface area contributed by atoms with Crippen LogP contribution >= 0.6 is 0 Å². The first-order chi connectivity index (χ1) is 14.8. The summed E-state index contributed by atoms with van der Waals surface area (Å²) >= 11 is 0. The molecule has 0 amide bonds. The third kappa shape index (κ3) is 20.8. The Morgan fingerprint density at radius 2 is 0.833 bits per heavy atom. The van der Waals surface area contributed by atoms with Gasteiger partial charge >= 0.3 is 0 Å². The van der Waals surface area contributed by atoms with E-state index >= 15 is 0 Å². The van der Waals surface area contributed by atoms with Crippen LogP contribution in [0.25, 0.3) is 0 Å². The van der Waals surface area contributed by atoms with Gasteiger partial charge in [0.05, 0.1) is 0 Å². The number of unbranched alkanes of at least 4 members (excludes halogenated alkanes) is 16. The Balaban J connectivity index is 3.61. The van der Waals surface area contributed by atoms with Gasteiger partial charge in [0, 0.05) is 12.8 Å². The van der Waals surface area contributed by atoms with Crippen molar-refractivity contribution in [2.75, 3.05) is 0 Å². The minimum Gasteiger partial charge on any atom is -0.103 e. The SMILES string of the molecule is CCCCCC#CCCCCCCCCC(CCCCCCCCCC)C(C)CC. The van der Waals surface area contributed by atoms with Gasteiger partial charge in [0.15, 0.2) is 0 Å². The fraction of sp³-hybridized carbons (Fsp3) is 0.933. The van der Waals surface area contributed by atoms with Crippen molar-refractivity contribution in [1.29, 1.82) is 0 Å². The summed E-state index contributed by atoms with van der Waals surface area (Å²) in [5.41, 5.74) is 0. The Bertz CT molecular complexity index is 371. The quantitative estimate of drug-likeness (QED) is 0.121. The van der Waals surface area contributed by atoms with Crippen LogP contribution in [0.2, 0.25) is 0 Å². The average molecular weight is 419 g/mol. The van der Waals surface area contributed by atoms with Crippen LogP contribution in [-0.4, -0.2) is 0 Å². The molecule has 0 saturated heterocycles. The molecule has 0 aromatic heterocycles. The first kappa shape index (κ1) is 29.6. The molecule has 0 aromatic rings. The Labute approximate surface area is 192 Å². The van der Waals surface area contributed by atoms with Crippen molar-refractivity contribution in [1.82, 2.24) is 0 Å². The van der Waals surface area contributed by atoms with E-state index in [4.69, 9.17) is 0 Å². The normalized spacial score (nSPS) is 13.1. The van der Waals surface area contributed by atoms with Gasteiger partial charge in [-0.15, -0.1) is 11.8 Å². The van der Waals surface area contributed by atoms with E-state index in [2.05, 4.69) is 39.5 Å². The third-order valence-corrected chi connectivity index (χ3v) is 7.03. The van der Waals surface area contributed by atoms with Crippen LogP contribution in [0.1, 0.15) is 169 Å². The Morgan fingerprint density at radius 1 is 0.467 bits per heavy atom. The first-order valence-corrected chi connectivity index (χ1v) is 14.2. The second-order valence-electron chi connectivity index (χ2n) is 9.88. The zero-order valence-electron chi connectivity index (χ0n) is 21.7. The number of hydrogen-bond donors (Lipinski definition) is 0. The summed E-state index contributed by atoms with van der Waals surface area (Å²) in [5.74, 6) is 8.62. The summed E-state index contributed by atoms with van der Waals surface area (Å²) in [7, 11) is 0. The summed E-state index contributed by atoms with van der Waals surface area (Å²) in [6.45, 7) is 9.45. The summed E-state index contributed by atoms with van der Waals surface area (Å²) in [6.07, 6.45) is 30.6. The van der Waals surface area contributed by atoms with Gasteiger partial charge in [-0.05, 0) is 24.7 Å². The maximum absolute atomic E-state index is 3.37. The van der Waals surface area contributed by atoms with Gasteiger partial charge in [0.2, 0.25) is 0 Å². The summed E-state index contributed by atoms with van der Waals surface area (Å²) in [6, 6.07) is 0. The van der Waals surface area contributed by atoms with Crippen LogP contribution < -0.4 is 0 Å². The summed E-state index contributed by atoms with van der Waals surface area (Å²) in [4.78, 5) is 0. The molecule has 0 N–H and O–H groups in total. The van der Waals surface area contributed by atoms with Crippen LogP contribution in [0.5, 0.6) is 0 Å². The predicted octanol–water partition coefficient (Wildman–Crippen LogP) is 10.9. The average Bonchev–Trinajstić information content (AvgIpc) is 2.76. The molecule has 0 spiro atoms. The maximum Gasteiger partial charge on any atom is 0.00886 e. The fourth-order valence-electron chi connectivity index (χ4n) is 4.55. The molecule has 0 aliphatic carbocycles. The zero-order chi connectivity index (χ0) is 22.1. The van der Waals surface area contributed by atoms with Gasteiger partial charge in [-0.25, -0.2) is 0 Å². The van der Waals surface area contributed by atoms with E-state index < -0.39 is 0 Å². The van der Waals surface area contributed by atoms with E-state index in [1.165, 1.54) is 128 Å². The number of hydrogen-bond acceptors (Lipinski definition) is 0. The Morgan fingerprint density at radius 3 is 1.30 bits per heavy atom. The molecule has 0 aliphatic heterocycles. The van der Waals surface area contributed by atoms with Crippen molar-refractivity contribution < 1.29 is 0 Å². The van der Waals surface area contributed by atoms with Gasteiger partial charge in [0.1, 0.15) is 0 Å². The van der Waals surface area contributed by atoms with Gasteiger partial charge in [-0.3, -0.25) is 0 Å². The summed E-state index contributed by atoms with van der Waals surface area (Å²) < 4.78 is 0. The van der Waals surface area contributed by atoms with E-state index in [9.17, 15) is 0 Å². The molecule has 0 radical (unpaired) electrons.